The number of nitrogens with one attached hydrogen (secondary N) is 2. The van der Waals surface area contributed by atoms with E-state index in [1.165, 1.54) is 36.9 Å². The first kappa shape index (κ1) is 24.4. The number of ether oxygens (including phenoxy) is 1. The van der Waals surface area contributed by atoms with E-state index in [0.717, 1.165) is 6.07 Å². The average molecular weight is 426 g/mol. The average Bonchev–Trinajstić information content (AvgIpc) is 2.63. The molecule has 0 aliphatic carbocycles. The summed E-state index contributed by atoms with van der Waals surface area (Å²) >= 11 is 1.48. The molecule has 0 heterocycles. The van der Waals surface area contributed by atoms with E-state index in [4.69, 9.17) is 4.74 Å². The molecule has 0 spiro atoms. The number of carbonyl (C=O) groups excluding carboxylic acids is 3. The Morgan fingerprint density at radius 3 is 2.48 bits per heavy atom. The summed E-state index contributed by atoms with van der Waals surface area (Å²) in [7, 11) is 0. The van der Waals surface area contributed by atoms with Crippen LogP contribution < -0.4 is 10.6 Å². The quantitative estimate of drug-likeness (QED) is 0.353. The second-order valence-corrected chi connectivity index (χ2v) is 8.42. The van der Waals surface area contributed by atoms with E-state index in [1.54, 1.807) is 20.8 Å². The summed E-state index contributed by atoms with van der Waals surface area (Å²) in [4.78, 5) is 47.4. The third-order valence-electron chi connectivity index (χ3n) is 3.68. The number of esters is 1. The number of nitro benzene ring substituents is 1. The highest BCUT2D eigenvalue weighted by atomic mass is 32.2. The summed E-state index contributed by atoms with van der Waals surface area (Å²) in [5.74, 6) is -1.25. The molecule has 0 aliphatic rings. The van der Waals surface area contributed by atoms with Crippen molar-refractivity contribution in [2.75, 3.05) is 12.0 Å². The molecule has 0 aliphatic heterocycles. The molecule has 160 valence electrons. The summed E-state index contributed by atoms with van der Waals surface area (Å²) in [5, 5.41) is 16.2. The Kier molecular flexibility index (Phi) is 9.09. The topological polar surface area (TPSA) is 128 Å². The second-order valence-electron chi connectivity index (χ2n) is 7.43. The minimum Gasteiger partial charge on any atom is -0.451 e. The number of carbonyl (C=O) groups is 3. The molecule has 0 saturated carbocycles. The maximum Gasteiger partial charge on any atom is 0.329 e. The fourth-order valence-electron chi connectivity index (χ4n) is 2.27. The molecule has 0 fully saturated rings. The van der Waals surface area contributed by atoms with E-state index >= 15 is 0 Å². The first-order chi connectivity index (χ1) is 13.4. The summed E-state index contributed by atoms with van der Waals surface area (Å²) in [5.41, 5.74) is -0.653. The molecule has 29 heavy (non-hydrogen) atoms. The third-order valence-corrected chi connectivity index (χ3v) is 4.32. The van der Waals surface area contributed by atoms with E-state index in [-0.39, 0.29) is 17.7 Å². The lowest BCUT2D eigenvalue weighted by atomic mass is 10.1. The van der Waals surface area contributed by atoms with Gasteiger partial charge in [-0.15, -0.1) is 0 Å². The molecule has 2 atom stereocenters. The smallest absolute Gasteiger partial charge is 0.329 e. The third kappa shape index (κ3) is 8.51. The summed E-state index contributed by atoms with van der Waals surface area (Å²) < 4.78 is 5.23. The normalized spacial score (nSPS) is 13.1. The molecule has 0 bridgehead atoms. The first-order valence-corrected chi connectivity index (χ1v) is 10.4. The highest BCUT2D eigenvalue weighted by molar-refractivity contribution is 7.98. The van der Waals surface area contributed by atoms with Crippen LogP contribution in [-0.2, 0) is 14.3 Å². The van der Waals surface area contributed by atoms with Gasteiger partial charge in [0.15, 0.2) is 6.10 Å². The number of amides is 2. The number of hydrogen-bond acceptors (Lipinski definition) is 7. The summed E-state index contributed by atoms with van der Waals surface area (Å²) in [6.45, 7) is 6.87. The zero-order valence-electron chi connectivity index (χ0n) is 17.2. The molecule has 1 rings (SSSR count). The minimum atomic E-state index is -1.03. The number of nitro groups is 1. The lowest BCUT2D eigenvalue weighted by Crippen LogP contribution is -2.48. The molecular weight excluding hydrogens is 398 g/mol. The zero-order valence-corrected chi connectivity index (χ0v) is 18.0. The van der Waals surface area contributed by atoms with Gasteiger partial charge in [0.05, 0.1) is 4.92 Å². The Hall–Kier alpha value is -2.62. The van der Waals surface area contributed by atoms with Gasteiger partial charge in [0.25, 0.3) is 17.5 Å². The van der Waals surface area contributed by atoms with Crippen LogP contribution in [0.5, 0.6) is 0 Å². The number of hydrogen-bond donors (Lipinski definition) is 2. The molecule has 1 aromatic carbocycles. The maximum absolute atomic E-state index is 12.5. The fourth-order valence-corrected chi connectivity index (χ4v) is 2.74. The van der Waals surface area contributed by atoms with Crippen LogP contribution >= 0.6 is 11.8 Å². The molecule has 1 aromatic rings. The van der Waals surface area contributed by atoms with Crippen LogP contribution in [0, 0.1) is 10.1 Å². The molecule has 2 amide bonds. The molecule has 0 radical (unpaired) electrons. The largest absolute Gasteiger partial charge is 0.451 e. The van der Waals surface area contributed by atoms with Crippen molar-refractivity contribution >= 4 is 35.2 Å². The Labute approximate surface area is 174 Å². The van der Waals surface area contributed by atoms with Crippen molar-refractivity contribution in [3.63, 3.8) is 0 Å². The molecule has 9 nitrogen and oxygen atoms in total. The Bertz CT molecular complexity index is 763. The van der Waals surface area contributed by atoms with Gasteiger partial charge in [-0.05, 0) is 52.2 Å². The van der Waals surface area contributed by atoms with Crippen LogP contribution in [0.3, 0.4) is 0 Å². The molecule has 10 heteroatoms. The van der Waals surface area contributed by atoms with Crippen molar-refractivity contribution in [1.29, 1.82) is 0 Å². The fraction of sp³-hybridized carbons (Fsp3) is 0.526. The van der Waals surface area contributed by atoms with Gasteiger partial charge in [0.1, 0.15) is 6.04 Å². The van der Waals surface area contributed by atoms with Crippen LogP contribution in [-0.4, -0.2) is 52.4 Å². The molecule has 2 N–H and O–H groups in total. The van der Waals surface area contributed by atoms with Gasteiger partial charge in [0.2, 0.25) is 0 Å². The number of rotatable bonds is 9. The molecule has 0 aromatic heterocycles. The first-order valence-electron chi connectivity index (χ1n) is 9.01. The predicted molar refractivity (Wildman–Crippen MR) is 111 cm³/mol. The van der Waals surface area contributed by atoms with Gasteiger partial charge in [-0.1, -0.05) is 6.07 Å². The van der Waals surface area contributed by atoms with Crippen molar-refractivity contribution in [3.8, 4) is 0 Å². The Morgan fingerprint density at radius 2 is 1.93 bits per heavy atom. The molecule has 0 unspecified atom stereocenters. The SMILES string of the molecule is CSCC[C@@H](NC(=O)c1cccc([N+](=O)[O-])c1)C(=O)O[C@H](C)C(=O)NC(C)(C)C. The molecule has 0 saturated heterocycles. The van der Waals surface area contributed by atoms with E-state index in [9.17, 15) is 24.5 Å². The highest BCUT2D eigenvalue weighted by Crippen LogP contribution is 2.14. The van der Waals surface area contributed by atoms with Gasteiger partial charge in [-0.2, -0.15) is 11.8 Å². The number of thioether (sulfide) groups is 1. The summed E-state index contributed by atoms with van der Waals surface area (Å²) in [6.07, 6.45) is 1.10. The van der Waals surface area contributed by atoms with Crippen molar-refractivity contribution in [3.05, 3.63) is 39.9 Å². The second kappa shape index (κ2) is 10.8. The maximum atomic E-state index is 12.5. The van der Waals surface area contributed by atoms with E-state index in [1.807, 2.05) is 6.26 Å². The van der Waals surface area contributed by atoms with Gasteiger partial charge >= 0.3 is 5.97 Å². The van der Waals surface area contributed by atoms with Crippen LogP contribution in [0.1, 0.15) is 44.5 Å². The van der Waals surface area contributed by atoms with Crippen LogP contribution in [0.4, 0.5) is 5.69 Å². The Morgan fingerprint density at radius 1 is 1.28 bits per heavy atom. The Balaban J connectivity index is 2.86. The van der Waals surface area contributed by atoms with Gasteiger partial charge < -0.3 is 15.4 Å². The van der Waals surface area contributed by atoms with Gasteiger partial charge in [-0.25, -0.2) is 4.79 Å². The van der Waals surface area contributed by atoms with Crippen LogP contribution in [0.25, 0.3) is 0 Å². The minimum absolute atomic E-state index is 0.0553. The lowest BCUT2D eigenvalue weighted by Gasteiger charge is -2.24. The number of benzene rings is 1. The van der Waals surface area contributed by atoms with Crippen molar-refractivity contribution in [1.82, 2.24) is 10.6 Å². The number of non-ortho nitro benzene ring substituents is 1. The van der Waals surface area contributed by atoms with Crippen molar-refractivity contribution in [2.45, 2.75) is 51.8 Å². The standard InChI is InChI=1S/C19H27N3O6S/c1-12(16(23)21-19(2,3)4)28-18(25)15(9-10-29-5)20-17(24)13-7-6-8-14(11-13)22(26)27/h6-8,11-12,15H,9-10H2,1-5H3,(H,20,24)(H,21,23)/t12-,15-/m1/s1. The van der Waals surface area contributed by atoms with E-state index < -0.39 is 40.4 Å². The van der Waals surface area contributed by atoms with Gasteiger partial charge in [0, 0.05) is 23.2 Å². The van der Waals surface area contributed by atoms with Crippen molar-refractivity contribution < 1.29 is 24.0 Å². The molecular formula is C19H27N3O6S. The van der Waals surface area contributed by atoms with Crippen molar-refractivity contribution in [2.24, 2.45) is 0 Å². The van der Waals surface area contributed by atoms with Crippen LogP contribution in [0.2, 0.25) is 0 Å². The lowest BCUT2D eigenvalue weighted by molar-refractivity contribution is -0.384. The van der Waals surface area contributed by atoms with E-state index in [2.05, 4.69) is 10.6 Å². The zero-order chi connectivity index (χ0) is 22.2. The number of nitrogens with zero attached hydrogens (tertiary/aromatic N) is 1. The highest BCUT2D eigenvalue weighted by Gasteiger charge is 2.28. The van der Waals surface area contributed by atoms with E-state index in [0.29, 0.717) is 5.75 Å². The van der Waals surface area contributed by atoms with Crippen LogP contribution in [0.15, 0.2) is 24.3 Å². The predicted octanol–water partition coefficient (Wildman–Crippen LogP) is 2.29. The summed E-state index contributed by atoms with van der Waals surface area (Å²) in [6, 6.07) is 4.22. The monoisotopic (exact) mass is 425 g/mol. The van der Waals surface area contributed by atoms with Gasteiger partial charge in [-0.3, -0.25) is 19.7 Å².